The maximum atomic E-state index is 10.9. The van der Waals surface area contributed by atoms with Gasteiger partial charge < -0.3 is 0 Å². The molecule has 3 heterocycles. The maximum absolute atomic E-state index is 10.9. The number of hydrogen-bond donors (Lipinski definition) is 0. The van der Waals surface area contributed by atoms with Gasteiger partial charge >= 0.3 is 0 Å². The molecule has 3 aromatic heterocycles. The third kappa shape index (κ3) is 1.24. The van der Waals surface area contributed by atoms with Crippen LogP contribution in [-0.2, 0) is 0 Å². The Hall–Kier alpha value is -2.08. The standard InChI is InChI=1S/C10H6N4OS/c15-13-9-8(7-3-1-6-16-7)12-10-11-4-2-5-14(9)10/h1-6H. The Morgan fingerprint density at radius 2 is 2.31 bits per heavy atom. The molecule has 0 aliphatic carbocycles. The van der Waals surface area contributed by atoms with Crippen molar-refractivity contribution in [3.05, 3.63) is 40.9 Å². The fourth-order valence-corrected chi connectivity index (χ4v) is 2.25. The summed E-state index contributed by atoms with van der Waals surface area (Å²) in [6.07, 6.45) is 3.36. The second-order valence-corrected chi connectivity index (χ2v) is 4.09. The molecule has 3 rings (SSSR count). The number of thiophene rings is 1. The van der Waals surface area contributed by atoms with Crippen LogP contribution in [0.2, 0.25) is 0 Å². The lowest BCUT2D eigenvalue weighted by atomic mass is 10.3. The number of rotatable bonds is 2. The van der Waals surface area contributed by atoms with E-state index in [2.05, 4.69) is 15.1 Å². The molecule has 78 valence electrons. The van der Waals surface area contributed by atoms with Crippen molar-refractivity contribution in [2.24, 2.45) is 5.18 Å². The van der Waals surface area contributed by atoms with Crippen molar-refractivity contribution in [3.63, 3.8) is 0 Å². The van der Waals surface area contributed by atoms with Crippen molar-refractivity contribution in [1.29, 1.82) is 0 Å². The Balaban J connectivity index is 2.37. The van der Waals surface area contributed by atoms with E-state index in [0.717, 1.165) is 4.88 Å². The molecule has 0 saturated heterocycles. The van der Waals surface area contributed by atoms with E-state index < -0.39 is 0 Å². The van der Waals surface area contributed by atoms with Crippen LogP contribution in [0, 0.1) is 4.91 Å². The molecule has 6 heteroatoms. The summed E-state index contributed by atoms with van der Waals surface area (Å²) in [5, 5.41) is 4.96. The molecule has 0 N–H and O–H groups in total. The Kier molecular flexibility index (Phi) is 2.00. The highest BCUT2D eigenvalue weighted by atomic mass is 32.1. The fraction of sp³-hybridized carbons (Fsp3) is 0. The van der Waals surface area contributed by atoms with Crippen LogP contribution in [0.25, 0.3) is 16.3 Å². The SMILES string of the molecule is O=Nc1c(-c2cccs2)nc2ncccn12. The molecule has 0 aromatic carbocycles. The van der Waals surface area contributed by atoms with Gasteiger partial charge in [0.2, 0.25) is 11.6 Å². The minimum Gasteiger partial charge on any atom is -0.265 e. The molecule has 0 aliphatic heterocycles. The van der Waals surface area contributed by atoms with Crippen LogP contribution in [0.3, 0.4) is 0 Å². The van der Waals surface area contributed by atoms with E-state index in [0.29, 0.717) is 17.3 Å². The average Bonchev–Trinajstić information content (AvgIpc) is 2.95. The van der Waals surface area contributed by atoms with Crippen LogP contribution in [0.1, 0.15) is 0 Å². The number of fused-ring (bicyclic) bond motifs is 1. The van der Waals surface area contributed by atoms with Gasteiger partial charge in [-0.3, -0.25) is 4.40 Å². The predicted octanol–water partition coefficient (Wildman–Crippen LogP) is 2.86. The van der Waals surface area contributed by atoms with Gasteiger partial charge in [0.15, 0.2) is 0 Å². The van der Waals surface area contributed by atoms with Crippen molar-refractivity contribution >= 4 is 22.9 Å². The Bertz CT molecular complexity index is 644. The lowest BCUT2D eigenvalue weighted by Gasteiger charge is -1.91. The van der Waals surface area contributed by atoms with Crippen LogP contribution in [0.15, 0.2) is 41.1 Å². The zero-order valence-corrected chi connectivity index (χ0v) is 8.89. The molecular weight excluding hydrogens is 224 g/mol. The van der Waals surface area contributed by atoms with Gasteiger partial charge in [-0.05, 0) is 22.7 Å². The summed E-state index contributed by atoms with van der Waals surface area (Å²) in [5.74, 6) is 0.783. The quantitative estimate of drug-likeness (QED) is 0.636. The zero-order chi connectivity index (χ0) is 11.0. The summed E-state index contributed by atoms with van der Waals surface area (Å²) < 4.78 is 1.59. The molecule has 16 heavy (non-hydrogen) atoms. The minimum absolute atomic E-state index is 0.297. The van der Waals surface area contributed by atoms with Crippen molar-refractivity contribution < 1.29 is 0 Å². The van der Waals surface area contributed by atoms with Gasteiger partial charge in [-0.1, -0.05) is 6.07 Å². The van der Waals surface area contributed by atoms with Crippen LogP contribution in [0.5, 0.6) is 0 Å². The molecule has 0 bridgehead atoms. The molecule has 0 fully saturated rings. The lowest BCUT2D eigenvalue weighted by molar-refractivity contribution is 1.10. The molecule has 0 unspecified atom stereocenters. The average molecular weight is 230 g/mol. The number of nitroso groups, excluding NO2 is 1. The van der Waals surface area contributed by atoms with Gasteiger partial charge in [0.1, 0.15) is 5.69 Å². The first kappa shape index (κ1) is 9.17. The third-order valence-corrected chi connectivity index (χ3v) is 3.10. The fourth-order valence-electron chi connectivity index (χ4n) is 1.54. The minimum atomic E-state index is 0.297. The molecule has 0 spiro atoms. The smallest absolute Gasteiger partial charge is 0.236 e. The topological polar surface area (TPSA) is 59.6 Å². The highest BCUT2D eigenvalue weighted by Gasteiger charge is 2.15. The molecule has 0 amide bonds. The highest BCUT2D eigenvalue weighted by molar-refractivity contribution is 7.13. The summed E-state index contributed by atoms with van der Waals surface area (Å²) in [4.78, 5) is 20.2. The van der Waals surface area contributed by atoms with Crippen LogP contribution in [-0.4, -0.2) is 14.4 Å². The largest absolute Gasteiger partial charge is 0.265 e. The van der Waals surface area contributed by atoms with Crippen LogP contribution < -0.4 is 0 Å². The van der Waals surface area contributed by atoms with E-state index in [9.17, 15) is 4.91 Å². The number of nitrogens with zero attached hydrogens (tertiary/aromatic N) is 4. The van der Waals surface area contributed by atoms with Gasteiger partial charge in [0.25, 0.3) is 0 Å². The van der Waals surface area contributed by atoms with Gasteiger partial charge in [-0.25, -0.2) is 9.97 Å². The van der Waals surface area contributed by atoms with E-state index >= 15 is 0 Å². The van der Waals surface area contributed by atoms with E-state index in [1.54, 1.807) is 22.9 Å². The number of hydrogen-bond acceptors (Lipinski definition) is 5. The lowest BCUT2D eigenvalue weighted by Crippen LogP contribution is -1.84. The molecule has 0 radical (unpaired) electrons. The second kappa shape index (κ2) is 3.49. The van der Waals surface area contributed by atoms with Crippen LogP contribution >= 0.6 is 11.3 Å². The van der Waals surface area contributed by atoms with E-state index in [1.807, 2.05) is 17.5 Å². The Labute approximate surface area is 94.4 Å². The monoisotopic (exact) mass is 230 g/mol. The Morgan fingerprint density at radius 1 is 1.38 bits per heavy atom. The zero-order valence-electron chi connectivity index (χ0n) is 8.07. The van der Waals surface area contributed by atoms with Crippen molar-refractivity contribution in [1.82, 2.24) is 14.4 Å². The number of imidazole rings is 1. The van der Waals surface area contributed by atoms with Gasteiger partial charge in [0.05, 0.1) is 4.88 Å². The van der Waals surface area contributed by atoms with E-state index in [4.69, 9.17) is 0 Å². The summed E-state index contributed by atoms with van der Waals surface area (Å²) in [6.45, 7) is 0. The summed E-state index contributed by atoms with van der Waals surface area (Å²) >= 11 is 1.52. The van der Waals surface area contributed by atoms with E-state index in [-0.39, 0.29) is 0 Å². The van der Waals surface area contributed by atoms with Crippen LogP contribution in [0.4, 0.5) is 5.82 Å². The summed E-state index contributed by atoms with van der Waals surface area (Å²) in [6, 6.07) is 5.55. The second-order valence-electron chi connectivity index (χ2n) is 3.14. The third-order valence-electron chi connectivity index (χ3n) is 2.22. The molecule has 0 atom stereocenters. The van der Waals surface area contributed by atoms with Gasteiger partial charge in [-0.15, -0.1) is 16.2 Å². The number of aromatic nitrogens is 3. The summed E-state index contributed by atoms with van der Waals surface area (Å²) in [5.41, 5.74) is 0.587. The first-order chi connectivity index (χ1) is 7.90. The molecule has 5 nitrogen and oxygen atoms in total. The highest BCUT2D eigenvalue weighted by Crippen LogP contribution is 2.32. The normalized spacial score (nSPS) is 10.8. The van der Waals surface area contributed by atoms with Crippen molar-refractivity contribution in [2.75, 3.05) is 0 Å². The molecular formula is C10H6N4OS. The predicted molar refractivity (Wildman–Crippen MR) is 61.8 cm³/mol. The maximum Gasteiger partial charge on any atom is 0.236 e. The van der Waals surface area contributed by atoms with Gasteiger partial charge in [0, 0.05) is 12.4 Å². The van der Waals surface area contributed by atoms with Gasteiger partial charge in [-0.2, -0.15) is 0 Å². The van der Waals surface area contributed by atoms with Crippen molar-refractivity contribution in [2.45, 2.75) is 0 Å². The van der Waals surface area contributed by atoms with Crippen molar-refractivity contribution in [3.8, 4) is 10.6 Å². The molecule has 0 aliphatic rings. The first-order valence-electron chi connectivity index (χ1n) is 4.60. The molecule has 0 saturated carbocycles. The molecule has 3 aromatic rings. The first-order valence-corrected chi connectivity index (χ1v) is 5.48. The van der Waals surface area contributed by atoms with E-state index in [1.165, 1.54) is 11.3 Å². The summed E-state index contributed by atoms with van der Waals surface area (Å²) in [7, 11) is 0. The Morgan fingerprint density at radius 3 is 3.06 bits per heavy atom.